The minimum atomic E-state index is -3.44. The maximum atomic E-state index is 14.6. The Morgan fingerprint density at radius 3 is 2.26 bits per heavy atom. The summed E-state index contributed by atoms with van der Waals surface area (Å²) in [5, 5.41) is 5.00. The first kappa shape index (κ1) is 23.7. The van der Waals surface area contributed by atoms with Crippen LogP contribution in [0.25, 0.3) is 0 Å². The van der Waals surface area contributed by atoms with Crippen molar-refractivity contribution in [2.45, 2.75) is 19.1 Å². The van der Waals surface area contributed by atoms with Crippen LogP contribution >= 0.6 is 30.6 Å². The summed E-state index contributed by atoms with van der Waals surface area (Å²) in [6.07, 6.45) is 0.742. The van der Waals surface area contributed by atoms with E-state index in [0.717, 1.165) is 17.8 Å². The van der Waals surface area contributed by atoms with E-state index in [9.17, 15) is 4.57 Å². The molecule has 0 saturated heterocycles. The largest absolute Gasteiger partial charge is 0.378 e. The fourth-order valence-electron chi connectivity index (χ4n) is 3.24. The molecule has 2 unspecified atom stereocenters. The van der Waals surface area contributed by atoms with Gasteiger partial charge in [0.2, 0.25) is 0 Å². The quantitative estimate of drug-likeness (QED) is 0.331. The molecule has 0 aliphatic carbocycles. The fourth-order valence-corrected chi connectivity index (χ4v) is 6.36. The average molecular weight is 477 g/mol. The van der Waals surface area contributed by atoms with E-state index in [2.05, 4.69) is 5.32 Å². The number of halogens is 2. The number of rotatable bonds is 9. The molecule has 7 heteroatoms. The maximum Gasteiger partial charge on any atom is 0.258 e. The number of hydrogen-bond donors (Lipinski definition) is 1. The molecule has 0 aromatic heterocycles. The smallest absolute Gasteiger partial charge is 0.258 e. The molecule has 1 N–H and O–H groups in total. The monoisotopic (exact) mass is 476 g/mol. The van der Waals surface area contributed by atoms with Crippen LogP contribution in [0.4, 0.5) is 11.4 Å². The van der Waals surface area contributed by atoms with Crippen molar-refractivity contribution in [1.29, 1.82) is 0 Å². The van der Waals surface area contributed by atoms with Gasteiger partial charge in [-0.25, -0.2) is 0 Å². The lowest BCUT2D eigenvalue weighted by Crippen LogP contribution is -2.21. The summed E-state index contributed by atoms with van der Waals surface area (Å²) in [5.41, 5.74) is 2.51. The van der Waals surface area contributed by atoms with Crippen LogP contribution in [0.1, 0.15) is 24.7 Å². The van der Waals surface area contributed by atoms with Gasteiger partial charge in [-0.2, -0.15) is 0 Å². The number of para-hydroxylation sites is 1. The molecule has 0 fully saturated rings. The normalized spacial score (nSPS) is 14.0. The van der Waals surface area contributed by atoms with E-state index in [0.29, 0.717) is 27.5 Å². The Balaban J connectivity index is 2.15. The average Bonchev–Trinajstić information content (AvgIpc) is 2.77. The Hall–Kier alpha value is -1.97. The zero-order chi connectivity index (χ0) is 22.4. The predicted octanol–water partition coefficient (Wildman–Crippen LogP) is 7.20. The third-order valence-corrected chi connectivity index (χ3v) is 8.12. The molecule has 0 spiro atoms. The summed E-state index contributed by atoms with van der Waals surface area (Å²) in [7, 11) is 0.500. The Labute approximate surface area is 194 Å². The molecule has 3 rings (SSSR count). The molecule has 3 aromatic carbocycles. The van der Waals surface area contributed by atoms with Crippen LogP contribution in [0, 0.1) is 0 Å². The fraction of sp³-hybridized carbons (Fsp3) is 0.250. The number of nitrogens with one attached hydrogen (secondary N) is 1. The van der Waals surface area contributed by atoms with Crippen molar-refractivity contribution in [2.24, 2.45) is 0 Å². The SMILES string of the molecule is CCCOP(=O)(c1ccc(N(C)C)cc1)C(Nc1ccccc1)c1ccc(Cl)cc1Cl. The molecule has 0 aliphatic heterocycles. The molecule has 0 heterocycles. The van der Waals surface area contributed by atoms with Gasteiger partial charge in [-0.1, -0.05) is 54.4 Å². The summed E-state index contributed by atoms with van der Waals surface area (Å²) in [6.45, 7) is 2.36. The molecule has 31 heavy (non-hydrogen) atoms. The standard InChI is InChI=1S/C24H27Cl2N2O2P/c1-4-16-30-31(29,21-13-11-20(12-14-21)28(2)3)24(27-19-8-6-5-7-9-19)22-15-10-18(25)17-23(22)26/h5-15,17,24,27H,4,16H2,1-3H3. The van der Waals surface area contributed by atoms with Gasteiger partial charge in [0.1, 0.15) is 5.78 Å². The highest BCUT2D eigenvalue weighted by Gasteiger charge is 2.39. The van der Waals surface area contributed by atoms with Crippen molar-refractivity contribution in [3.63, 3.8) is 0 Å². The van der Waals surface area contributed by atoms with E-state index in [1.54, 1.807) is 18.2 Å². The zero-order valence-corrected chi connectivity index (χ0v) is 20.3. The minimum Gasteiger partial charge on any atom is -0.378 e. The van der Waals surface area contributed by atoms with E-state index in [4.69, 9.17) is 27.7 Å². The van der Waals surface area contributed by atoms with Crippen LogP contribution in [0.15, 0.2) is 72.8 Å². The second-order valence-corrected chi connectivity index (χ2v) is 10.7. The van der Waals surface area contributed by atoms with Gasteiger partial charge in [-0.15, -0.1) is 0 Å². The third-order valence-electron chi connectivity index (χ3n) is 4.89. The van der Waals surface area contributed by atoms with Gasteiger partial charge in [0.25, 0.3) is 7.37 Å². The molecule has 2 atom stereocenters. The first-order valence-electron chi connectivity index (χ1n) is 10.1. The summed E-state index contributed by atoms with van der Waals surface area (Å²) in [5.74, 6) is -0.684. The highest BCUT2D eigenvalue weighted by Crippen LogP contribution is 2.60. The van der Waals surface area contributed by atoms with Crippen LogP contribution in [0.3, 0.4) is 0 Å². The van der Waals surface area contributed by atoms with Gasteiger partial charge < -0.3 is 14.7 Å². The first-order valence-corrected chi connectivity index (χ1v) is 12.6. The van der Waals surface area contributed by atoms with Gasteiger partial charge >= 0.3 is 0 Å². The van der Waals surface area contributed by atoms with Crippen molar-refractivity contribution >= 4 is 47.3 Å². The van der Waals surface area contributed by atoms with Crippen LogP contribution in [0.2, 0.25) is 10.0 Å². The van der Waals surface area contributed by atoms with Crippen LogP contribution < -0.4 is 15.5 Å². The van der Waals surface area contributed by atoms with E-state index in [1.165, 1.54) is 0 Å². The molecule has 164 valence electrons. The molecule has 0 amide bonds. The Morgan fingerprint density at radius 2 is 1.68 bits per heavy atom. The van der Waals surface area contributed by atoms with E-state index in [1.807, 2.05) is 80.5 Å². The van der Waals surface area contributed by atoms with Crippen molar-refractivity contribution in [3.8, 4) is 0 Å². The second-order valence-electron chi connectivity index (χ2n) is 7.42. The molecule has 0 aliphatic rings. The molecular formula is C24H27Cl2N2O2P. The Bertz CT molecular complexity index is 1040. The number of hydrogen-bond acceptors (Lipinski definition) is 4. The van der Waals surface area contributed by atoms with Gasteiger partial charge in [0.05, 0.1) is 6.61 Å². The lowest BCUT2D eigenvalue weighted by atomic mass is 10.2. The highest BCUT2D eigenvalue weighted by atomic mass is 35.5. The summed E-state index contributed by atoms with van der Waals surface area (Å²) < 4.78 is 20.7. The number of nitrogens with zero attached hydrogens (tertiary/aromatic N) is 1. The Kier molecular flexibility index (Phi) is 8.07. The molecule has 0 bridgehead atoms. The third kappa shape index (κ3) is 5.64. The van der Waals surface area contributed by atoms with E-state index >= 15 is 0 Å². The van der Waals surface area contributed by atoms with Gasteiger partial charge in [-0.05, 0) is 55.0 Å². The lowest BCUT2D eigenvalue weighted by molar-refractivity contribution is 0.315. The predicted molar refractivity (Wildman–Crippen MR) is 134 cm³/mol. The van der Waals surface area contributed by atoms with Crippen LogP contribution in [-0.2, 0) is 9.09 Å². The van der Waals surface area contributed by atoms with Crippen molar-refractivity contribution in [2.75, 3.05) is 30.9 Å². The maximum absolute atomic E-state index is 14.6. The first-order chi connectivity index (χ1) is 14.8. The zero-order valence-electron chi connectivity index (χ0n) is 17.9. The van der Waals surface area contributed by atoms with Crippen molar-refractivity contribution in [3.05, 3.63) is 88.4 Å². The highest BCUT2D eigenvalue weighted by molar-refractivity contribution is 7.67. The summed E-state index contributed by atoms with van der Waals surface area (Å²) >= 11 is 12.7. The van der Waals surface area contributed by atoms with Crippen molar-refractivity contribution in [1.82, 2.24) is 0 Å². The molecule has 0 saturated carbocycles. The molecule has 4 nitrogen and oxygen atoms in total. The van der Waals surface area contributed by atoms with Gasteiger partial charge in [0.15, 0.2) is 0 Å². The van der Waals surface area contributed by atoms with Crippen LogP contribution in [0.5, 0.6) is 0 Å². The minimum absolute atomic E-state index is 0.366. The molecule has 3 aromatic rings. The molecule has 0 radical (unpaired) electrons. The summed E-state index contributed by atoms with van der Waals surface area (Å²) in [4.78, 5) is 2.00. The van der Waals surface area contributed by atoms with Crippen LogP contribution in [-0.4, -0.2) is 20.7 Å². The van der Waals surface area contributed by atoms with E-state index in [-0.39, 0.29) is 0 Å². The topological polar surface area (TPSA) is 41.6 Å². The van der Waals surface area contributed by atoms with E-state index < -0.39 is 13.2 Å². The summed E-state index contributed by atoms with van der Waals surface area (Å²) in [6, 6.07) is 22.5. The number of anilines is 2. The van der Waals surface area contributed by atoms with Gasteiger partial charge in [-0.3, -0.25) is 4.57 Å². The van der Waals surface area contributed by atoms with Crippen molar-refractivity contribution < 1.29 is 9.09 Å². The lowest BCUT2D eigenvalue weighted by Gasteiger charge is -2.30. The van der Waals surface area contributed by atoms with Gasteiger partial charge in [0, 0.05) is 46.4 Å². The Morgan fingerprint density at radius 1 is 1.00 bits per heavy atom. The second kappa shape index (κ2) is 10.6. The molecular weight excluding hydrogens is 450 g/mol. The number of benzene rings is 3.